The predicted molar refractivity (Wildman–Crippen MR) is 60.8 cm³/mol. The molecule has 0 atom stereocenters. The number of benzene rings is 1. The largest absolute Gasteiger partial charge is 0.399 e. The van der Waals surface area contributed by atoms with Crippen molar-refractivity contribution in [2.45, 2.75) is 6.42 Å². The summed E-state index contributed by atoms with van der Waals surface area (Å²) in [4.78, 5) is 2.15. The summed E-state index contributed by atoms with van der Waals surface area (Å²) >= 11 is 3.43. The number of rotatable bonds is 3. The number of halogens is 1. The molecule has 0 radical (unpaired) electrons. The Balaban J connectivity index is 2.70. The van der Waals surface area contributed by atoms with Gasteiger partial charge in [-0.2, -0.15) is 0 Å². The van der Waals surface area contributed by atoms with E-state index in [0.717, 1.165) is 23.1 Å². The van der Waals surface area contributed by atoms with Crippen molar-refractivity contribution in [2.24, 2.45) is 0 Å². The molecule has 0 bridgehead atoms. The number of hydrogen-bond donors (Lipinski definition) is 1. The standard InChI is InChI=1S/C10H15BrN2/c1-13(2)6-5-8-7-9(11)3-4-10(8)12/h3-4,7H,5-6,12H2,1-2H3. The summed E-state index contributed by atoms with van der Waals surface area (Å²) in [6, 6.07) is 5.99. The van der Waals surface area contributed by atoms with Crippen LogP contribution in [-0.4, -0.2) is 25.5 Å². The van der Waals surface area contributed by atoms with Gasteiger partial charge >= 0.3 is 0 Å². The van der Waals surface area contributed by atoms with Crippen LogP contribution in [-0.2, 0) is 6.42 Å². The molecule has 13 heavy (non-hydrogen) atoms. The van der Waals surface area contributed by atoms with Gasteiger partial charge in [0.05, 0.1) is 0 Å². The molecule has 0 aliphatic carbocycles. The first-order valence-electron chi connectivity index (χ1n) is 4.28. The second kappa shape index (κ2) is 4.63. The van der Waals surface area contributed by atoms with Crippen LogP contribution in [0.15, 0.2) is 22.7 Å². The maximum Gasteiger partial charge on any atom is 0.0347 e. The van der Waals surface area contributed by atoms with Gasteiger partial charge in [-0.15, -0.1) is 0 Å². The molecule has 72 valence electrons. The molecule has 1 aromatic rings. The van der Waals surface area contributed by atoms with Crippen LogP contribution in [0.4, 0.5) is 5.69 Å². The first kappa shape index (κ1) is 10.5. The topological polar surface area (TPSA) is 29.3 Å². The molecular formula is C10H15BrN2. The summed E-state index contributed by atoms with van der Waals surface area (Å²) in [5, 5.41) is 0. The van der Waals surface area contributed by atoms with E-state index >= 15 is 0 Å². The number of anilines is 1. The summed E-state index contributed by atoms with van der Waals surface area (Å²) in [7, 11) is 4.13. The fourth-order valence-corrected chi connectivity index (χ4v) is 1.54. The van der Waals surface area contributed by atoms with Crippen molar-refractivity contribution in [1.82, 2.24) is 4.90 Å². The van der Waals surface area contributed by atoms with Crippen LogP contribution >= 0.6 is 15.9 Å². The van der Waals surface area contributed by atoms with E-state index in [-0.39, 0.29) is 0 Å². The summed E-state index contributed by atoms with van der Waals surface area (Å²) < 4.78 is 1.09. The Morgan fingerprint density at radius 3 is 2.69 bits per heavy atom. The van der Waals surface area contributed by atoms with Crippen LogP contribution in [0.25, 0.3) is 0 Å². The van der Waals surface area contributed by atoms with Gasteiger partial charge in [-0.3, -0.25) is 0 Å². The van der Waals surface area contributed by atoms with E-state index in [4.69, 9.17) is 5.73 Å². The third-order valence-electron chi connectivity index (χ3n) is 1.93. The predicted octanol–water partition coefficient (Wildman–Crippen LogP) is 2.14. The van der Waals surface area contributed by atoms with Crippen LogP contribution < -0.4 is 5.73 Å². The van der Waals surface area contributed by atoms with Crippen molar-refractivity contribution in [3.63, 3.8) is 0 Å². The summed E-state index contributed by atoms with van der Waals surface area (Å²) in [6.07, 6.45) is 0.998. The third kappa shape index (κ3) is 3.36. The van der Waals surface area contributed by atoms with Crippen molar-refractivity contribution in [3.8, 4) is 0 Å². The Hall–Kier alpha value is -0.540. The second-order valence-corrected chi connectivity index (χ2v) is 4.31. The summed E-state index contributed by atoms with van der Waals surface area (Å²) in [5.41, 5.74) is 7.93. The Labute approximate surface area is 87.9 Å². The van der Waals surface area contributed by atoms with Crippen molar-refractivity contribution in [3.05, 3.63) is 28.2 Å². The molecule has 3 heteroatoms. The molecule has 2 N–H and O–H groups in total. The molecule has 0 aliphatic rings. The number of hydrogen-bond acceptors (Lipinski definition) is 2. The molecule has 0 heterocycles. The van der Waals surface area contributed by atoms with Gasteiger partial charge in [-0.1, -0.05) is 15.9 Å². The lowest BCUT2D eigenvalue weighted by atomic mass is 10.1. The zero-order valence-corrected chi connectivity index (χ0v) is 9.63. The first-order chi connectivity index (χ1) is 6.09. The number of nitrogens with two attached hydrogens (primary N) is 1. The van der Waals surface area contributed by atoms with Crippen molar-refractivity contribution in [1.29, 1.82) is 0 Å². The third-order valence-corrected chi connectivity index (χ3v) is 2.43. The smallest absolute Gasteiger partial charge is 0.0347 e. The van der Waals surface area contributed by atoms with Crippen LogP contribution in [0.5, 0.6) is 0 Å². The first-order valence-corrected chi connectivity index (χ1v) is 5.07. The molecule has 0 saturated carbocycles. The Morgan fingerprint density at radius 2 is 2.08 bits per heavy atom. The van der Waals surface area contributed by atoms with Gasteiger partial charge in [-0.05, 0) is 44.3 Å². The number of nitrogen functional groups attached to an aromatic ring is 1. The molecule has 1 rings (SSSR count). The number of likely N-dealkylation sites (N-methyl/N-ethyl adjacent to an activating group) is 1. The highest BCUT2D eigenvalue weighted by molar-refractivity contribution is 9.10. The highest BCUT2D eigenvalue weighted by atomic mass is 79.9. The molecule has 0 unspecified atom stereocenters. The van der Waals surface area contributed by atoms with E-state index in [2.05, 4.69) is 41.0 Å². The molecule has 0 amide bonds. The second-order valence-electron chi connectivity index (χ2n) is 3.40. The quantitative estimate of drug-likeness (QED) is 0.824. The van der Waals surface area contributed by atoms with Gasteiger partial charge in [-0.25, -0.2) is 0 Å². The lowest BCUT2D eigenvalue weighted by Crippen LogP contribution is -2.15. The lowest BCUT2D eigenvalue weighted by molar-refractivity contribution is 0.414. The highest BCUT2D eigenvalue weighted by Crippen LogP contribution is 2.18. The van der Waals surface area contributed by atoms with Crippen molar-refractivity contribution >= 4 is 21.6 Å². The Kier molecular flexibility index (Phi) is 3.75. The van der Waals surface area contributed by atoms with E-state index < -0.39 is 0 Å². The van der Waals surface area contributed by atoms with Crippen molar-refractivity contribution < 1.29 is 0 Å². The molecule has 0 aromatic heterocycles. The molecule has 1 aromatic carbocycles. The molecule has 0 fully saturated rings. The minimum Gasteiger partial charge on any atom is -0.399 e. The van der Waals surface area contributed by atoms with E-state index in [1.54, 1.807) is 0 Å². The lowest BCUT2D eigenvalue weighted by Gasteiger charge is -2.11. The average Bonchev–Trinajstić information content (AvgIpc) is 2.06. The molecule has 2 nitrogen and oxygen atoms in total. The van der Waals surface area contributed by atoms with Gasteiger partial charge in [0.25, 0.3) is 0 Å². The van der Waals surface area contributed by atoms with Crippen LogP contribution in [0, 0.1) is 0 Å². The zero-order valence-electron chi connectivity index (χ0n) is 8.05. The van der Waals surface area contributed by atoms with E-state index in [1.807, 2.05) is 12.1 Å². The Bertz CT molecular complexity index is 284. The minimum atomic E-state index is 0.880. The molecule has 0 aliphatic heterocycles. The minimum absolute atomic E-state index is 0.880. The molecular weight excluding hydrogens is 228 g/mol. The summed E-state index contributed by atoms with van der Waals surface area (Å²) in [6.45, 7) is 1.03. The van der Waals surface area contributed by atoms with Gasteiger partial charge in [0.2, 0.25) is 0 Å². The molecule has 0 spiro atoms. The normalized spacial score (nSPS) is 10.8. The Morgan fingerprint density at radius 1 is 1.38 bits per heavy atom. The van der Waals surface area contributed by atoms with Crippen LogP contribution in [0.1, 0.15) is 5.56 Å². The zero-order chi connectivity index (χ0) is 9.84. The van der Waals surface area contributed by atoms with Crippen molar-refractivity contribution in [2.75, 3.05) is 26.4 Å². The van der Waals surface area contributed by atoms with Crippen LogP contribution in [0.3, 0.4) is 0 Å². The van der Waals surface area contributed by atoms with Gasteiger partial charge in [0.15, 0.2) is 0 Å². The maximum absolute atomic E-state index is 5.84. The molecule has 0 saturated heterocycles. The van der Waals surface area contributed by atoms with E-state index in [1.165, 1.54) is 5.56 Å². The highest BCUT2D eigenvalue weighted by Gasteiger charge is 2.00. The van der Waals surface area contributed by atoms with Crippen LogP contribution in [0.2, 0.25) is 0 Å². The SMILES string of the molecule is CN(C)CCc1cc(Br)ccc1N. The van der Waals surface area contributed by atoms with Gasteiger partial charge in [0.1, 0.15) is 0 Å². The maximum atomic E-state index is 5.84. The van der Waals surface area contributed by atoms with Gasteiger partial charge < -0.3 is 10.6 Å². The van der Waals surface area contributed by atoms with E-state index in [9.17, 15) is 0 Å². The number of nitrogens with zero attached hydrogens (tertiary/aromatic N) is 1. The fourth-order valence-electron chi connectivity index (χ4n) is 1.13. The summed E-state index contributed by atoms with van der Waals surface area (Å²) in [5.74, 6) is 0. The average molecular weight is 243 g/mol. The monoisotopic (exact) mass is 242 g/mol. The van der Waals surface area contributed by atoms with E-state index in [0.29, 0.717) is 0 Å². The van der Waals surface area contributed by atoms with Gasteiger partial charge in [0, 0.05) is 16.7 Å². The fraction of sp³-hybridized carbons (Fsp3) is 0.400.